The van der Waals surface area contributed by atoms with Gasteiger partial charge in [0.15, 0.2) is 4.80 Å². The van der Waals surface area contributed by atoms with Gasteiger partial charge >= 0.3 is 5.97 Å². The van der Waals surface area contributed by atoms with Crippen LogP contribution in [-0.4, -0.2) is 21.7 Å². The number of fused-ring (bicyclic) bond motifs is 1. The number of esters is 1. The van der Waals surface area contributed by atoms with Gasteiger partial charge in [0, 0.05) is 18.4 Å². The molecule has 7 heteroatoms. The van der Waals surface area contributed by atoms with Crippen molar-refractivity contribution >= 4 is 23.4 Å². The van der Waals surface area contributed by atoms with Gasteiger partial charge in [0.2, 0.25) is 0 Å². The van der Waals surface area contributed by atoms with E-state index in [0.717, 1.165) is 22.5 Å². The lowest BCUT2D eigenvalue weighted by atomic mass is 9.96. The second-order valence-corrected chi connectivity index (χ2v) is 8.61. The second-order valence-electron chi connectivity index (χ2n) is 7.60. The molecule has 3 heterocycles. The lowest BCUT2D eigenvalue weighted by molar-refractivity contribution is -0.139. The number of nitrogens with zero attached hydrogens (tertiary/aromatic N) is 3. The van der Waals surface area contributed by atoms with E-state index in [1.807, 2.05) is 57.3 Å². The van der Waals surface area contributed by atoms with E-state index in [4.69, 9.17) is 4.74 Å². The molecular weight excluding hydrogens is 410 g/mol. The van der Waals surface area contributed by atoms with Gasteiger partial charge in [0.05, 0.1) is 28.5 Å². The van der Waals surface area contributed by atoms with Crippen LogP contribution in [0, 0.1) is 13.8 Å². The van der Waals surface area contributed by atoms with Crippen LogP contribution in [-0.2, 0) is 16.6 Å². The first-order valence-electron chi connectivity index (χ1n) is 10.2. The molecule has 3 aromatic rings. The van der Waals surface area contributed by atoms with Gasteiger partial charge in [-0.1, -0.05) is 41.7 Å². The Morgan fingerprint density at radius 3 is 2.55 bits per heavy atom. The average Bonchev–Trinajstić information content (AvgIpc) is 3.18. The molecule has 0 amide bonds. The van der Waals surface area contributed by atoms with Gasteiger partial charge in [-0.05, 0) is 51.0 Å². The Hall–Kier alpha value is -3.19. The monoisotopic (exact) mass is 435 g/mol. The van der Waals surface area contributed by atoms with Crippen molar-refractivity contribution in [3.05, 3.63) is 89.9 Å². The predicted octanol–water partition coefficient (Wildman–Crippen LogP) is 2.75. The standard InChI is InChI=1S/C24H25N3O3S/c1-6-30-23(29)20-15(3)25-24-27(21(20)17-10-8-7-9-11-17)22(28)19(31-24)13-18-12-14(2)26(5)16(18)4/h7-13,21H,6H2,1-5H3/b19-13+/t21-/m1/s1. The molecule has 31 heavy (non-hydrogen) atoms. The molecule has 6 nitrogen and oxygen atoms in total. The summed E-state index contributed by atoms with van der Waals surface area (Å²) in [5, 5.41) is 0. The quantitative estimate of drug-likeness (QED) is 0.592. The molecule has 1 aromatic carbocycles. The van der Waals surface area contributed by atoms with Crippen molar-refractivity contribution < 1.29 is 9.53 Å². The molecule has 0 unspecified atom stereocenters. The normalized spacial score (nSPS) is 16.3. The second kappa shape index (κ2) is 8.15. The molecule has 160 valence electrons. The summed E-state index contributed by atoms with van der Waals surface area (Å²) < 4.78 is 9.62. The average molecular weight is 436 g/mol. The van der Waals surface area contributed by atoms with E-state index in [9.17, 15) is 9.59 Å². The molecule has 0 N–H and O–H groups in total. The summed E-state index contributed by atoms with van der Waals surface area (Å²) in [6.45, 7) is 7.89. The Kier molecular flexibility index (Phi) is 5.54. The number of carbonyl (C=O) groups is 1. The SMILES string of the molecule is CCOC(=O)C1=C(C)N=c2s/c(=C/c3cc(C)n(C)c3C)c(=O)n2[C@@H]1c1ccccc1. The summed E-state index contributed by atoms with van der Waals surface area (Å²) in [5.74, 6) is -0.443. The zero-order valence-electron chi connectivity index (χ0n) is 18.3. The molecule has 1 aliphatic rings. The zero-order valence-corrected chi connectivity index (χ0v) is 19.1. The predicted molar refractivity (Wildman–Crippen MR) is 122 cm³/mol. The molecule has 0 saturated carbocycles. The Morgan fingerprint density at radius 1 is 1.23 bits per heavy atom. The Balaban J connectivity index is 1.97. The maximum atomic E-state index is 13.5. The van der Waals surface area contributed by atoms with Crippen LogP contribution in [0.2, 0.25) is 0 Å². The van der Waals surface area contributed by atoms with Crippen LogP contribution in [0.3, 0.4) is 0 Å². The highest BCUT2D eigenvalue weighted by Crippen LogP contribution is 2.30. The van der Waals surface area contributed by atoms with Crippen LogP contribution in [0.5, 0.6) is 0 Å². The van der Waals surface area contributed by atoms with E-state index >= 15 is 0 Å². The third-order valence-corrected chi connectivity index (χ3v) is 6.72. The molecule has 0 bridgehead atoms. The first kappa shape index (κ1) is 21.1. The molecule has 2 aromatic heterocycles. The Bertz CT molecular complexity index is 1370. The van der Waals surface area contributed by atoms with E-state index in [1.165, 1.54) is 11.3 Å². The zero-order chi connectivity index (χ0) is 22.3. The van der Waals surface area contributed by atoms with Crippen molar-refractivity contribution in [3.63, 3.8) is 0 Å². The fourth-order valence-corrected chi connectivity index (χ4v) is 4.95. The summed E-state index contributed by atoms with van der Waals surface area (Å²) in [7, 11) is 2.01. The molecule has 0 radical (unpaired) electrons. The minimum absolute atomic E-state index is 0.159. The number of rotatable bonds is 4. The van der Waals surface area contributed by atoms with E-state index in [2.05, 4.69) is 15.6 Å². The topological polar surface area (TPSA) is 65.6 Å². The van der Waals surface area contributed by atoms with Crippen LogP contribution >= 0.6 is 11.3 Å². The number of hydrogen-bond acceptors (Lipinski definition) is 5. The van der Waals surface area contributed by atoms with Crippen molar-refractivity contribution in [2.75, 3.05) is 6.61 Å². The maximum absolute atomic E-state index is 13.5. The van der Waals surface area contributed by atoms with Gasteiger partial charge in [-0.3, -0.25) is 9.36 Å². The highest BCUT2D eigenvalue weighted by Gasteiger charge is 2.33. The number of ether oxygens (including phenoxy) is 1. The van der Waals surface area contributed by atoms with Crippen molar-refractivity contribution in [2.24, 2.45) is 12.0 Å². The first-order valence-corrected chi connectivity index (χ1v) is 11.0. The van der Waals surface area contributed by atoms with Gasteiger partial charge < -0.3 is 9.30 Å². The molecule has 0 spiro atoms. The van der Waals surface area contributed by atoms with E-state index in [0.29, 0.717) is 20.6 Å². The number of hydrogen-bond donors (Lipinski definition) is 0. The van der Waals surface area contributed by atoms with Crippen LogP contribution < -0.4 is 14.9 Å². The molecule has 4 rings (SSSR count). The Morgan fingerprint density at radius 2 is 1.94 bits per heavy atom. The third kappa shape index (κ3) is 3.59. The van der Waals surface area contributed by atoms with Crippen molar-refractivity contribution in [1.82, 2.24) is 9.13 Å². The molecule has 1 atom stereocenters. The van der Waals surface area contributed by atoms with Crippen molar-refractivity contribution in [2.45, 2.75) is 33.7 Å². The minimum atomic E-state index is -0.572. The highest BCUT2D eigenvalue weighted by molar-refractivity contribution is 7.07. The molecule has 1 aliphatic heterocycles. The minimum Gasteiger partial charge on any atom is -0.463 e. The van der Waals surface area contributed by atoms with E-state index in [-0.39, 0.29) is 12.2 Å². The fourth-order valence-electron chi connectivity index (χ4n) is 3.91. The van der Waals surface area contributed by atoms with Crippen LogP contribution in [0.4, 0.5) is 0 Å². The number of allylic oxidation sites excluding steroid dienone is 1. The summed E-state index contributed by atoms with van der Waals surface area (Å²) in [6, 6.07) is 11.1. The summed E-state index contributed by atoms with van der Waals surface area (Å²) in [4.78, 5) is 31.6. The number of thiazole rings is 1. The lowest BCUT2D eigenvalue weighted by Crippen LogP contribution is -2.39. The molecule has 0 saturated heterocycles. The van der Waals surface area contributed by atoms with Gasteiger partial charge in [-0.25, -0.2) is 9.79 Å². The van der Waals surface area contributed by atoms with E-state index < -0.39 is 12.0 Å². The number of carbonyl (C=O) groups excluding carboxylic acids is 1. The molecule has 0 aliphatic carbocycles. The number of aromatic nitrogens is 2. The van der Waals surface area contributed by atoms with Crippen molar-refractivity contribution in [1.29, 1.82) is 0 Å². The summed E-state index contributed by atoms with van der Waals surface area (Å²) in [5.41, 5.74) is 4.88. The number of benzene rings is 1. The van der Waals surface area contributed by atoms with Gasteiger partial charge in [0.25, 0.3) is 5.56 Å². The fraction of sp³-hybridized carbons (Fsp3) is 0.292. The summed E-state index contributed by atoms with van der Waals surface area (Å²) in [6.07, 6.45) is 1.91. The third-order valence-electron chi connectivity index (χ3n) is 5.73. The largest absolute Gasteiger partial charge is 0.463 e. The Labute approximate surface area is 184 Å². The summed E-state index contributed by atoms with van der Waals surface area (Å²) >= 11 is 1.34. The molecular formula is C24H25N3O3S. The molecule has 0 fully saturated rings. The number of aryl methyl sites for hydroxylation is 1. The smallest absolute Gasteiger partial charge is 0.338 e. The van der Waals surface area contributed by atoms with Crippen LogP contribution in [0.25, 0.3) is 6.08 Å². The van der Waals surface area contributed by atoms with Crippen LogP contribution in [0.15, 0.2) is 57.5 Å². The van der Waals surface area contributed by atoms with Gasteiger partial charge in [-0.2, -0.15) is 0 Å². The van der Waals surface area contributed by atoms with Crippen molar-refractivity contribution in [3.8, 4) is 0 Å². The van der Waals surface area contributed by atoms with Gasteiger partial charge in [-0.15, -0.1) is 0 Å². The maximum Gasteiger partial charge on any atom is 0.338 e. The van der Waals surface area contributed by atoms with Crippen LogP contribution in [0.1, 0.15) is 42.4 Å². The van der Waals surface area contributed by atoms with E-state index in [1.54, 1.807) is 18.4 Å². The highest BCUT2D eigenvalue weighted by atomic mass is 32.1. The lowest BCUT2D eigenvalue weighted by Gasteiger charge is -2.24. The van der Waals surface area contributed by atoms with Gasteiger partial charge in [0.1, 0.15) is 0 Å². The first-order chi connectivity index (χ1) is 14.8.